The molecule has 1 aliphatic rings. The zero-order valence-corrected chi connectivity index (χ0v) is 11.1. The Morgan fingerprint density at radius 3 is 2.68 bits per heavy atom. The zero-order chi connectivity index (χ0) is 13.1. The second-order valence-corrected chi connectivity index (χ2v) is 4.77. The Labute approximate surface area is 117 Å². The highest BCUT2D eigenvalue weighted by Crippen LogP contribution is 2.30. The Balaban J connectivity index is 1.99. The lowest BCUT2D eigenvalue weighted by Crippen LogP contribution is -2.26. The summed E-state index contributed by atoms with van der Waals surface area (Å²) in [6, 6.07) is 16.1. The third kappa shape index (κ3) is 2.71. The second kappa shape index (κ2) is 5.33. The molecule has 3 nitrogen and oxygen atoms in total. The van der Waals surface area contributed by atoms with Gasteiger partial charge in [0.15, 0.2) is 5.96 Å². The summed E-state index contributed by atoms with van der Waals surface area (Å²) in [6.45, 7) is 1.69. The summed E-state index contributed by atoms with van der Waals surface area (Å²) in [7, 11) is 0. The van der Waals surface area contributed by atoms with E-state index < -0.39 is 0 Å². The summed E-state index contributed by atoms with van der Waals surface area (Å²) in [6.07, 6.45) is 0. The predicted molar refractivity (Wildman–Crippen MR) is 80.8 cm³/mol. The van der Waals surface area contributed by atoms with E-state index in [0.29, 0.717) is 5.02 Å². The van der Waals surface area contributed by atoms with Crippen molar-refractivity contribution >= 4 is 23.2 Å². The lowest BCUT2D eigenvalue weighted by Gasteiger charge is -2.13. The quantitative estimate of drug-likeness (QED) is 0.879. The maximum atomic E-state index is 6.09. The molecule has 0 saturated carbocycles. The first-order valence-corrected chi connectivity index (χ1v) is 6.61. The van der Waals surface area contributed by atoms with Crippen LogP contribution in [0.2, 0.25) is 5.02 Å². The number of hydrogen-bond acceptors (Lipinski definition) is 3. The predicted octanol–water partition coefficient (Wildman–Crippen LogP) is 3.38. The average molecular weight is 272 g/mol. The van der Waals surface area contributed by atoms with Crippen molar-refractivity contribution in [2.24, 2.45) is 4.99 Å². The minimum absolute atomic E-state index is 0.709. The molecule has 0 atom stereocenters. The summed E-state index contributed by atoms with van der Waals surface area (Å²) in [5.74, 6) is 0.805. The van der Waals surface area contributed by atoms with Crippen molar-refractivity contribution in [3.05, 3.63) is 53.6 Å². The second-order valence-electron chi connectivity index (χ2n) is 4.34. The molecule has 0 spiro atoms. The largest absolute Gasteiger partial charge is 0.354 e. The van der Waals surface area contributed by atoms with Crippen molar-refractivity contribution < 1.29 is 0 Å². The summed E-state index contributed by atoms with van der Waals surface area (Å²) in [5, 5.41) is 7.21. The minimum Gasteiger partial charge on any atom is -0.354 e. The number of aliphatic imine (C=N–C) groups is 1. The first-order valence-electron chi connectivity index (χ1n) is 6.23. The van der Waals surface area contributed by atoms with E-state index in [1.807, 2.05) is 36.4 Å². The number of guanidine groups is 1. The van der Waals surface area contributed by atoms with E-state index in [2.05, 4.69) is 27.8 Å². The van der Waals surface area contributed by atoms with E-state index in [1.165, 1.54) is 0 Å². The van der Waals surface area contributed by atoms with E-state index in [4.69, 9.17) is 11.6 Å². The molecule has 0 amide bonds. The van der Waals surface area contributed by atoms with Crippen LogP contribution in [0.4, 0.5) is 5.69 Å². The van der Waals surface area contributed by atoms with Crippen molar-refractivity contribution in [2.45, 2.75) is 0 Å². The number of nitrogens with zero attached hydrogens (tertiary/aromatic N) is 1. The Hall–Kier alpha value is -2.00. The van der Waals surface area contributed by atoms with Gasteiger partial charge in [0.1, 0.15) is 0 Å². The van der Waals surface area contributed by atoms with Crippen molar-refractivity contribution in [1.82, 2.24) is 5.32 Å². The number of nitrogens with one attached hydrogen (secondary N) is 2. The molecule has 0 aromatic heterocycles. The molecule has 2 aromatic carbocycles. The van der Waals surface area contributed by atoms with E-state index in [1.54, 1.807) is 0 Å². The van der Waals surface area contributed by atoms with Crippen LogP contribution in [-0.2, 0) is 0 Å². The maximum absolute atomic E-state index is 6.09. The number of hydrogen-bond donors (Lipinski definition) is 2. The van der Waals surface area contributed by atoms with E-state index in [-0.39, 0.29) is 0 Å². The summed E-state index contributed by atoms with van der Waals surface area (Å²) < 4.78 is 0. The van der Waals surface area contributed by atoms with Crippen LogP contribution in [0.3, 0.4) is 0 Å². The molecule has 0 saturated heterocycles. The lowest BCUT2D eigenvalue weighted by molar-refractivity contribution is 0.959. The Morgan fingerprint density at radius 1 is 1.11 bits per heavy atom. The summed E-state index contributed by atoms with van der Waals surface area (Å²) in [5.41, 5.74) is 3.23. The van der Waals surface area contributed by atoms with E-state index in [9.17, 15) is 0 Å². The van der Waals surface area contributed by atoms with Gasteiger partial charge < -0.3 is 10.6 Å². The minimum atomic E-state index is 0.709. The molecular formula is C15H14ClN3. The van der Waals surface area contributed by atoms with Crippen molar-refractivity contribution in [1.29, 1.82) is 0 Å². The molecule has 1 heterocycles. The van der Waals surface area contributed by atoms with Gasteiger partial charge in [0.05, 0.1) is 12.2 Å². The zero-order valence-electron chi connectivity index (χ0n) is 10.4. The van der Waals surface area contributed by atoms with Crippen molar-refractivity contribution in [3.8, 4) is 11.1 Å². The SMILES string of the molecule is Clc1ccc(-c2ccccc2)c(NC2=NCCN2)c1. The molecule has 2 aromatic rings. The average Bonchev–Trinajstić information content (AvgIpc) is 2.93. The van der Waals surface area contributed by atoms with Gasteiger partial charge in [-0.15, -0.1) is 0 Å². The molecule has 0 aliphatic carbocycles. The van der Waals surface area contributed by atoms with Crippen LogP contribution < -0.4 is 10.6 Å². The Kier molecular flexibility index (Phi) is 3.38. The number of anilines is 1. The highest BCUT2D eigenvalue weighted by Gasteiger charge is 2.10. The summed E-state index contributed by atoms with van der Waals surface area (Å²) in [4.78, 5) is 4.35. The molecule has 0 fully saturated rings. The highest BCUT2D eigenvalue weighted by atomic mass is 35.5. The van der Waals surface area contributed by atoms with Gasteiger partial charge in [0.2, 0.25) is 0 Å². The van der Waals surface area contributed by atoms with Crippen LogP contribution in [0.5, 0.6) is 0 Å². The van der Waals surface area contributed by atoms with Crippen LogP contribution >= 0.6 is 11.6 Å². The molecule has 19 heavy (non-hydrogen) atoms. The maximum Gasteiger partial charge on any atom is 0.195 e. The summed E-state index contributed by atoms with van der Waals surface area (Å²) >= 11 is 6.09. The normalized spacial score (nSPS) is 13.8. The highest BCUT2D eigenvalue weighted by molar-refractivity contribution is 6.31. The van der Waals surface area contributed by atoms with Crippen LogP contribution in [0.1, 0.15) is 0 Å². The lowest BCUT2D eigenvalue weighted by atomic mass is 10.0. The Morgan fingerprint density at radius 2 is 1.95 bits per heavy atom. The fraction of sp³-hybridized carbons (Fsp3) is 0.133. The molecule has 3 rings (SSSR count). The van der Waals surface area contributed by atoms with E-state index in [0.717, 1.165) is 35.9 Å². The number of rotatable bonds is 2. The van der Waals surface area contributed by atoms with Crippen LogP contribution in [0.25, 0.3) is 11.1 Å². The fourth-order valence-corrected chi connectivity index (χ4v) is 2.27. The standard InChI is InChI=1S/C15H14ClN3/c16-12-6-7-13(11-4-2-1-3-5-11)14(10-12)19-15-17-8-9-18-15/h1-7,10H,8-9H2,(H2,17,18,19). The van der Waals surface area contributed by atoms with Gasteiger partial charge in [-0.05, 0) is 17.7 Å². The fourth-order valence-electron chi connectivity index (χ4n) is 2.10. The topological polar surface area (TPSA) is 36.4 Å². The van der Waals surface area contributed by atoms with Gasteiger partial charge in [-0.25, -0.2) is 0 Å². The molecule has 96 valence electrons. The van der Waals surface area contributed by atoms with Gasteiger partial charge in [-0.2, -0.15) is 0 Å². The van der Waals surface area contributed by atoms with Gasteiger partial charge in [0.25, 0.3) is 0 Å². The molecule has 2 N–H and O–H groups in total. The van der Waals surface area contributed by atoms with E-state index >= 15 is 0 Å². The smallest absolute Gasteiger partial charge is 0.195 e. The molecule has 0 bridgehead atoms. The van der Waals surface area contributed by atoms with Gasteiger partial charge in [-0.1, -0.05) is 48.0 Å². The molecular weight excluding hydrogens is 258 g/mol. The third-order valence-electron chi connectivity index (χ3n) is 2.99. The first kappa shape index (κ1) is 12.1. The number of halogens is 1. The monoisotopic (exact) mass is 271 g/mol. The van der Waals surface area contributed by atoms with Crippen molar-refractivity contribution in [2.75, 3.05) is 18.4 Å². The van der Waals surface area contributed by atoms with Crippen LogP contribution in [0.15, 0.2) is 53.5 Å². The van der Waals surface area contributed by atoms with Crippen LogP contribution in [0, 0.1) is 0 Å². The molecule has 0 radical (unpaired) electrons. The van der Waals surface area contributed by atoms with Gasteiger partial charge in [0, 0.05) is 17.1 Å². The van der Waals surface area contributed by atoms with Gasteiger partial charge >= 0.3 is 0 Å². The number of benzene rings is 2. The van der Waals surface area contributed by atoms with Gasteiger partial charge in [-0.3, -0.25) is 4.99 Å². The molecule has 0 unspecified atom stereocenters. The first-order chi connectivity index (χ1) is 9.33. The third-order valence-corrected chi connectivity index (χ3v) is 3.23. The Bertz CT molecular complexity index is 608. The van der Waals surface area contributed by atoms with Crippen molar-refractivity contribution in [3.63, 3.8) is 0 Å². The molecule has 1 aliphatic heterocycles. The molecule has 4 heteroatoms. The van der Waals surface area contributed by atoms with Crippen LogP contribution in [-0.4, -0.2) is 19.0 Å².